The number of carbonyl (C=O) groups excluding carboxylic acids is 1. The number of unbranched alkanes of at least 4 members (excludes halogenated alkanes) is 1. The van der Waals surface area contributed by atoms with Crippen molar-refractivity contribution in [2.45, 2.75) is 89.0 Å². The minimum atomic E-state index is -1.21. The van der Waals surface area contributed by atoms with Crippen LogP contribution in [-0.2, 0) is 14.3 Å². The van der Waals surface area contributed by atoms with Crippen LogP contribution in [-0.4, -0.2) is 67.4 Å². The fourth-order valence-electron chi connectivity index (χ4n) is 4.09. The highest BCUT2D eigenvalue weighted by Crippen LogP contribution is 2.46. The Hall–Kier alpha value is -0.740. The molecule has 4 unspecified atom stereocenters. The van der Waals surface area contributed by atoms with Crippen LogP contribution in [0.5, 0.6) is 0 Å². The van der Waals surface area contributed by atoms with Gasteiger partial charge in [-0.15, -0.1) is 11.8 Å². The Morgan fingerprint density at radius 3 is 2.48 bits per heavy atom. The highest BCUT2D eigenvalue weighted by molar-refractivity contribution is 8.77. The Kier molecular flexibility index (Phi) is 10.2. The van der Waals surface area contributed by atoms with Crippen LogP contribution < -0.4 is 0 Å². The Balaban J connectivity index is 1.80. The zero-order valence-corrected chi connectivity index (χ0v) is 21.2. The molecule has 2 N–H and O–H groups in total. The Labute approximate surface area is 197 Å². The van der Waals surface area contributed by atoms with Gasteiger partial charge in [-0.1, -0.05) is 48.8 Å². The first kappa shape index (κ1) is 26.5. The summed E-state index contributed by atoms with van der Waals surface area (Å²) in [6.45, 7) is 7.80. The van der Waals surface area contributed by atoms with Gasteiger partial charge in [-0.3, -0.25) is 9.69 Å². The van der Waals surface area contributed by atoms with Gasteiger partial charge in [0.25, 0.3) is 0 Å². The predicted octanol–water partition coefficient (Wildman–Crippen LogP) is 5.19. The Morgan fingerprint density at radius 2 is 1.90 bits per heavy atom. The number of carboxylic acid groups (broad SMARTS) is 2. The molecule has 0 saturated carbocycles. The number of nitrogens with zero attached hydrogens (tertiary/aromatic N) is 1. The fraction of sp³-hybridized carbons (Fsp3) is 0.857. The van der Waals surface area contributed by atoms with Gasteiger partial charge in [0.15, 0.2) is 0 Å². The first-order chi connectivity index (χ1) is 14.5. The van der Waals surface area contributed by atoms with E-state index in [1.54, 1.807) is 0 Å². The lowest BCUT2D eigenvalue weighted by molar-refractivity contribution is -0.150. The lowest BCUT2D eigenvalue weighted by atomic mass is 9.76. The van der Waals surface area contributed by atoms with E-state index in [1.807, 2.05) is 49.3 Å². The van der Waals surface area contributed by atoms with Crippen LogP contribution in [0.3, 0.4) is 0 Å². The van der Waals surface area contributed by atoms with Crippen molar-refractivity contribution in [3.05, 3.63) is 0 Å². The van der Waals surface area contributed by atoms with Gasteiger partial charge >= 0.3 is 18.0 Å². The number of hydrogen-bond donors (Lipinski definition) is 2. The molecule has 2 rings (SSSR count). The van der Waals surface area contributed by atoms with E-state index in [0.717, 1.165) is 29.4 Å². The van der Waals surface area contributed by atoms with Gasteiger partial charge in [-0.25, -0.2) is 9.59 Å². The third-order valence-electron chi connectivity index (χ3n) is 6.32. The maximum Gasteiger partial charge on any atom is 0.409 e. The summed E-state index contributed by atoms with van der Waals surface area (Å²) in [5.74, 6) is 0.196. The summed E-state index contributed by atoms with van der Waals surface area (Å²) in [4.78, 5) is 36.5. The number of hydrogen-bond acceptors (Lipinski definition) is 7. The molecule has 0 spiro atoms. The zero-order valence-electron chi connectivity index (χ0n) is 18.7. The number of esters is 1. The van der Waals surface area contributed by atoms with Gasteiger partial charge < -0.3 is 14.9 Å². The van der Waals surface area contributed by atoms with E-state index in [2.05, 4.69) is 0 Å². The van der Waals surface area contributed by atoms with Crippen LogP contribution in [0.15, 0.2) is 0 Å². The van der Waals surface area contributed by atoms with Crippen LogP contribution in [0.1, 0.15) is 66.2 Å². The quantitative estimate of drug-likeness (QED) is 0.228. The van der Waals surface area contributed by atoms with Crippen molar-refractivity contribution in [1.29, 1.82) is 0 Å². The maximum atomic E-state index is 12.2. The van der Waals surface area contributed by atoms with Gasteiger partial charge in [-0.05, 0) is 43.9 Å². The molecule has 2 fully saturated rings. The Bertz CT molecular complexity index is 641. The van der Waals surface area contributed by atoms with Crippen LogP contribution in [0.25, 0.3) is 0 Å². The van der Waals surface area contributed by atoms with E-state index in [4.69, 9.17) is 4.74 Å². The highest BCUT2D eigenvalue weighted by Gasteiger charge is 2.50. The lowest BCUT2D eigenvalue weighted by Crippen LogP contribution is -2.51. The molecule has 2 heterocycles. The average Bonchev–Trinajstić information content (AvgIpc) is 3.34. The molecule has 0 bridgehead atoms. The summed E-state index contributed by atoms with van der Waals surface area (Å²) in [6.07, 6.45) is 3.84. The van der Waals surface area contributed by atoms with E-state index in [9.17, 15) is 24.6 Å². The van der Waals surface area contributed by atoms with Crippen molar-refractivity contribution in [3.63, 3.8) is 0 Å². The molecule has 31 heavy (non-hydrogen) atoms. The molecule has 2 aliphatic heterocycles. The molecule has 2 aliphatic rings. The maximum absolute atomic E-state index is 12.2. The number of rotatable bonds is 11. The fourth-order valence-corrected chi connectivity index (χ4v) is 8.84. The smallest absolute Gasteiger partial charge is 0.409 e. The predicted molar refractivity (Wildman–Crippen MR) is 128 cm³/mol. The minimum absolute atomic E-state index is 0.0269. The van der Waals surface area contributed by atoms with Gasteiger partial charge in [0.1, 0.15) is 6.04 Å². The van der Waals surface area contributed by atoms with Crippen molar-refractivity contribution in [2.24, 2.45) is 11.3 Å². The number of ether oxygens (including phenoxy) is 1. The van der Waals surface area contributed by atoms with E-state index < -0.39 is 28.9 Å². The second-order valence-corrected chi connectivity index (χ2v) is 13.0. The van der Waals surface area contributed by atoms with Crippen molar-refractivity contribution < 1.29 is 29.3 Å². The summed E-state index contributed by atoms with van der Waals surface area (Å²) >= 11 is 1.37. The first-order valence-electron chi connectivity index (χ1n) is 10.9. The van der Waals surface area contributed by atoms with E-state index >= 15 is 0 Å². The molecular formula is C21H35NO6S3. The van der Waals surface area contributed by atoms with Gasteiger partial charge in [0.2, 0.25) is 0 Å². The molecule has 1 amide bonds. The number of amides is 1. The van der Waals surface area contributed by atoms with Crippen molar-refractivity contribution >= 4 is 51.4 Å². The molecular weight excluding hydrogens is 458 g/mol. The monoisotopic (exact) mass is 493 g/mol. The molecule has 0 radical (unpaired) electrons. The second-order valence-electron chi connectivity index (χ2n) is 9.06. The summed E-state index contributed by atoms with van der Waals surface area (Å²) in [7, 11) is 3.89. The zero-order chi connectivity index (χ0) is 23.2. The molecule has 5 atom stereocenters. The SMILES string of the molecule is CC(CC(C)C(C)(C)C1SCC(C(=O)O)N1C(=O)O)OC(=O)CCCC[C@@H]1CCSS1. The Morgan fingerprint density at radius 1 is 1.19 bits per heavy atom. The van der Waals surface area contributed by atoms with E-state index in [1.165, 1.54) is 23.9 Å². The lowest BCUT2D eigenvalue weighted by Gasteiger charge is -2.41. The highest BCUT2D eigenvalue weighted by atomic mass is 33.1. The number of thioether (sulfide) groups is 1. The molecule has 0 aromatic carbocycles. The van der Waals surface area contributed by atoms with E-state index in [0.29, 0.717) is 12.8 Å². The first-order valence-corrected chi connectivity index (χ1v) is 14.3. The normalized spacial score (nSPS) is 25.9. The van der Waals surface area contributed by atoms with Crippen LogP contribution in [0, 0.1) is 11.3 Å². The molecule has 10 heteroatoms. The summed E-state index contributed by atoms with van der Waals surface area (Å²) in [5, 5.41) is 19.2. The van der Waals surface area contributed by atoms with Gasteiger partial charge in [-0.2, -0.15) is 0 Å². The summed E-state index contributed by atoms with van der Waals surface area (Å²) < 4.78 is 5.61. The second kappa shape index (κ2) is 11.9. The summed E-state index contributed by atoms with van der Waals surface area (Å²) in [6, 6.07) is -1.03. The minimum Gasteiger partial charge on any atom is -0.480 e. The number of carbonyl (C=O) groups is 3. The van der Waals surface area contributed by atoms with Crippen molar-refractivity contribution in [2.75, 3.05) is 11.5 Å². The van der Waals surface area contributed by atoms with E-state index in [-0.39, 0.29) is 23.7 Å². The third kappa shape index (κ3) is 7.39. The molecule has 0 aromatic rings. The largest absolute Gasteiger partial charge is 0.480 e. The number of aliphatic carboxylic acids is 1. The van der Waals surface area contributed by atoms with Crippen LogP contribution in [0.2, 0.25) is 0 Å². The van der Waals surface area contributed by atoms with Crippen molar-refractivity contribution in [1.82, 2.24) is 4.90 Å². The van der Waals surface area contributed by atoms with Gasteiger partial charge in [0, 0.05) is 23.2 Å². The van der Waals surface area contributed by atoms with Crippen molar-refractivity contribution in [3.8, 4) is 0 Å². The summed E-state index contributed by atoms with van der Waals surface area (Å²) in [5.41, 5.74) is -0.481. The molecule has 0 aliphatic carbocycles. The molecule has 178 valence electrons. The van der Waals surface area contributed by atoms with Crippen LogP contribution in [0.4, 0.5) is 4.79 Å². The number of carboxylic acids is 1. The van der Waals surface area contributed by atoms with Crippen LogP contribution >= 0.6 is 33.3 Å². The molecule has 2 saturated heterocycles. The average molecular weight is 494 g/mol. The molecule has 7 nitrogen and oxygen atoms in total. The standard InChI is InChI=1S/C21H35NO6S3/c1-13(21(3,4)19-22(20(26)27)16(12-29-19)18(24)25)11-14(2)28-17(23)8-6-5-7-15-9-10-30-31-15/h13-16,19H,5-12H2,1-4H3,(H,24,25)(H,26,27)/t13?,14?,15-,16?,19?/m1/s1. The van der Waals surface area contributed by atoms with Gasteiger partial charge in [0.05, 0.1) is 11.5 Å². The topological polar surface area (TPSA) is 104 Å². The molecule has 0 aromatic heterocycles. The third-order valence-corrected chi connectivity index (χ3v) is 11.0.